The maximum atomic E-state index is 11.6. The van der Waals surface area contributed by atoms with Crippen LogP contribution in [0.4, 0.5) is 0 Å². The predicted molar refractivity (Wildman–Crippen MR) is 73.4 cm³/mol. The fraction of sp³-hybridized carbons (Fsp3) is 0.250. The Hall–Kier alpha value is -2.09. The summed E-state index contributed by atoms with van der Waals surface area (Å²) in [6.45, 7) is 0. The normalized spacial score (nSPS) is 12.2. The Morgan fingerprint density at radius 1 is 1.45 bits per heavy atom. The number of carboxylic acid groups (broad SMARTS) is 1. The van der Waals surface area contributed by atoms with Gasteiger partial charge < -0.3 is 20.6 Å². The molecule has 0 saturated carbocycles. The predicted octanol–water partition coefficient (Wildman–Crippen LogP) is 0.890. The van der Waals surface area contributed by atoms with Crippen molar-refractivity contribution in [2.24, 2.45) is 5.73 Å². The topological polar surface area (TPSA) is 123 Å². The fourth-order valence-corrected chi connectivity index (χ4v) is 1.66. The van der Waals surface area contributed by atoms with E-state index in [0.717, 1.165) is 6.08 Å². The van der Waals surface area contributed by atoms with E-state index in [1.54, 1.807) is 12.1 Å². The lowest BCUT2D eigenvalue weighted by molar-refractivity contribution is -0.141. The van der Waals surface area contributed by atoms with Gasteiger partial charge in [0.25, 0.3) is 0 Å². The van der Waals surface area contributed by atoms with Crippen LogP contribution in [0.5, 0.6) is 0 Å². The van der Waals surface area contributed by atoms with Crippen LogP contribution < -0.4 is 11.1 Å². The summed E-state index contributed by atoms with van der Waals surface area (Å²) in [7, 11) is 0. The Morgan fingerprint density at radius 3 is 2.65 bits per heavy atom. The van der Waals surface area contributed by atoms with Gasteiger partial charge in [0, 0.05) is 12.5 Å². The highest BCUT2D eigenvalue weighted by Gasteiger charge is 2.19. The number of nitrogens with two attached hydrogens (primary N) is 1. The second kappa shape index (κ2) is 7.49. The van der Waals surface area contributed by atoms with Gasteiger partial charge in [0.05, 0.1) is 0 Å². The van der Waals surface area contributed by atoms with Crippen molar-refractivity contribution in [2.75, 3.05) is 0 Å². The van der Waals surface area contributed by atoms with Gasteiger partial charge in [-0.15, -0.1) is 0 Å². The Kier molecular flexibility index (Phi) is 5.98. The molecule has 0 aliphatic carbocycles. The van der Waals surface area contributed by atoms with Crippen LogP contribution in [0.3, 0.4) is 0 Å². The first kappa shape index (κ1) is 16.0. The molecular weight excluding hydrogens is 332 g/mol. The van der Waals surface area contributed by atoms with Gasteiger partial charge >= 0.3 is 5.97 Å². The van der Waals surface area contributed by atoms with Gasteiger partial charge in [0.1, 0.15) is 11.8 Å². The van der Waals surface area contributed by atoms with Gasteiger partial charge in [-0.1, -0.05) is 0 Å². The number of carboxylic acids is 1. The van der Waals surface area contributed by atoms with Crippen molar-refractivity contribution in [3.05, 3.63) is 28.6 Å². The average Bonchev–Trinajstić information content (AvgIpc) is 2.77. The Balaban J connectivity index is 2.55. The summed E-state index contributed by atoms with van der Waals surface area (Å²) in [5.74, 6) is -2.01. The summed E-state index contributed by atoms with van der Waals surface area (Å²) in [4.78, 5) is 33.1. The van der Waals surface area contributed by atoms with E-state index in [-0.39, 0.29) is 12.8 Å². The second-order valence-electron chi connectivity index (χ2n) is 3.88. The molecule has 7 nitrogen and oxygen atoms in total. The highest BCUT2D eigenvalue weighted by atomic mass is 79.9. The van der Waals surface area contributed by atoms with Gasteiger partial charge in [-0.05, 0) is 40.6 Å². The molecule has 4 N–H and O–H groups in total. The third-order valence-corrected chi connectivity index (χ3v) is 2.71. The zero-order valence-corrected chi connectivity index (χ0v) is 11.9. The number of furan rings is 1. The number of carbonyl (C=O) groups excluding carboxylic acids is 2. The van der Waals surface area contributed by atoms with Crippen LogP contribution in [0.25, 0.3) is 6.08 Å². The summed E-state index contributed by atoms with van der Waals surface area (Å²) >= 11 is 3.11. The molecule has 0 aliphatic rings. The number of rotatable bonds is 7. The molecule has 0 bridgehead atoms. The number of amides is 2. The summed E-state index contributed by atoms with van der Waals surface area (Å²) < 4.78 is 5.65. The molecule has 2 amide bonds. The quantitative estimate of drug-likeness (QED) is 0.634. The van der Waals surface area contributed by atoms with Crippen molar-refractivity contribution in [1.82, 2.24) is 5.32 Å². The highest BCUT2D eigenvalue weighted by molar-refractivity contribution is 9.10. The first-order valence-corrected chi connectivity index (χ1v) is 6.43. The van der Waals surface area contributed by atoms with Gasteiger partial charge in [0.2, 0.25) is 11.8 Å². The van der Waals surface area contributed by atoms with Crippen molar-refractivity contribution in [1.29, 1.82) is 0 Å². The minimum absolute atomic E-state index is 0.0590. The molecular formula is C12H13BrN2O5. The molecule has 1 rings (SSSR count). The van der Waals surface area contributed by atoms with Crippen LogP contribution in [0.1, 0.15) is 18.6 Å². The van der Waals surface area contributed by atoms with Crippen molar-refractivity contribution < 1.29 is 23.9 Å². The summed E-state index contributed by atoms with van der Waals surface area (Å²) in [6, 6.07) is 2.13. The lowest BCUT2D eigenvalue weighted by atomic mass is 10.1. The van der Waals surface area contributed by atoms with E-state index in [4.69, 9.17) is 15.3 Å². The standard InChI is InChI=1S/C12H13BrN2O5/c13-9-4-1-7(20-9)2-6-11(17)15-8(12(18)19)3-5-10(14)16/h1-2,4,6,8H,3,5H2,(H2,14,16)(H,15,17)(H,18,19)/b6-2+/t8-/m1/s1. The molecule has 0 aromatic carbocycles. The molecule has 108 valence electrons. The molecule has 1 heterocycles. The van der Waals surface area contributed by atoms with Crippen molar-refractivity contribution in [3.63, 3.8) is 0 Å². The van der Waals surface area contributed by atoms with Crippen LogP contribution in [-0.4, -0.2) is 28.9 Å². The van der Waals surface area contributed by atoms with E-state index in [0.29, 0.717) is 10.4 Å². The van der Waals surface area contributed by atoms with Crippen LogP contribution in [0.2, 0.25) is 0 Å². The third kappa shape index (κ3) is 5.70. The van der Waals surface area contributed by atoms with Crippen molar-refractivity contribution in [2.45, 2.75) is 18.9 Å². The van der Waals surface area contributed by atoms with Crippen LogP contribution in [-0.2, 0) is 14.4 Å². The number of carbonyl (C=O) groups is 3. The largest absolute Gasteiger partial charge is 0.480 e. The number of primary amides is 1. The number of aliphatic carboxylic acids is 1. The molecule has 0 saturated heterocycles. The minimum Gasteiger partial charge on any atom is -0.480 e. The molecule has 1 aromatic rings. The Morgan fingerprint density at radius 2 is 2.15 bits per heavy atom. The smallest absolute Gasteiger partial charge is 0.326 e. The monoisotopic (exact) mass is 344 g/mol. The molecule has 20 heavy (non-hydrogen) atoms. The molecule has 0 spiro atoms. The molecule has 1 aromatic heterocycles. The molecule has 0 unspecified atom stereocenters. The van der Waals surface area contributed by atoms with E-state index in [2.05, 4.69) is 21.2 Å². The molecule has 0 fully saturated rings. The second-order valence-corrected chi connectivity index (χ2v) is 4.66. The number of hydrogen-bond donors (Lipinski definition) is 3. The first-order chi connectivity index (χ1) is 9.38. The zero-order valence-electron chi connectivity index (χ0n) is 10.3. The van der Waals surface area contributed by atoms with Gasteiger partial charge in [-0.25, -0.2) is 4.79 Å². The van der Waals surface area contributed by atoms with E-state index in [1.807, 2.05) is 0 Å². The molecule has 0 radical (unpaired) electrons. The summed E-state index contributed by atoms with van der Waals surface area (Å²) in [5.41, 5.74) is 4.93. The van der Waals surface area contributed by atoms with E-state index >= 15 is 0 Å². The maximum absolute atomic E-state index is 11.6. The van der Waals surface area contributed by atoms with E-state index < -0.39 is 23.8 Å². The summed E-state index contributed by atoms with van der Waals surface area (Å²) in [6.07, 6.45) is 2.36. The lowest BCUT2D eigenvalue weighted by Crippen LogP contribution is -2.40. The van der Waals surface area contributed by atoms with Gasteiger partial charge in [0.15, 0.2) is 4.67 Å². The lowest BCUT2D eigenvalue weighted by Gasteiger charge is -2.11. The number of nitrogens with one attached hydrogen (secondary N) is 1. The fourth-order valence-electron chi connectivity index (χ4n) is 1.34. The Bertz CT molecular complexity index is 538. The summed E-state index contributed by atoms with van der Waals surface area (Å²) in [5, 5.41) is 11.2. The van der Waals surface area contributed by atoms with E-state index in [9.17, 15) is 14.4 Å². The number of hydrogen-bond acceptors (Lipinski definition) is 4. The molecule has 0 aliphatic heterocycles. The molecule has 8 heteroatoms. The average molecular weight is 345 g/mol. The Labute approximate surface area is 122 Å². The van der Waals surface area contributed by atoms with Crippen LogP contribution in [0, 0.1) is 0 Å². The first-order valence-electron chi connectivity index (χ1n) is 5.63. The SMILES string of the molecule is NC(=O)CC[C@@H](NC(=O)/C=C/c1ccc(Br)o1)C(=O)O. The van der Waals surface area contributed by atoms with Crippen molar-refractivity contribution >= 4 is 39.8 Å². The van der Waals surface area contributed by atoms with Gasteiger partial charge in [-0.3, -0.25) is 9.59 Å². The van der Waals surface area contributed by atoms with Crippen LogP contribution in [0.15, 0.2) is 27.3 Å². The van der Waals surface area contributed by atoms with E-state index in [1.165, 1.54) is 6.08 Å². The van der Waals surface area contributed by atoms with Crippen molar-refractivity contribution in [3.8, 4) is 0 Å². The maximum Gasteiger partial charge on any atom is 0.326 e. The van der Waals surface area contributed by atoms with Gasteiger partial charge in [-0.2, -0.15) is 0 Å². The highest BCUT2D eigenvalue weighted by Crippen LogP contribution is 2.14. The van der Waals surface area contributed by atoms with Crippen LogP contribution >= 0.6 is 15.9 Å². The minimum atomic E-state index is -1.23. The molecule has 1 atom stereocenters. The third-order valence-electron chi connectivity index (χ3n) is 2.29. The zero-order chi connectivity index (χ0) is 15.1. The number of halogens is 1.